The first-order valence-electron chi connectivity index (χ1n) is 7.21. The minimum Gasteiger partial charge on any atom is -0.384 e. The molecule has 0 spiro atoms. The lowest BCUT2D eigenvalue weighted by Crippen LogP contribution is -2.29. The van der Waals surface area contributed by atoms with Gasteiger partial charge in [-0.2, -0.15) is 0 Å². The van der Waals surface area contributed by atoms with Gasteiger partial charge in [-0.15, -0.1) is 0 Å². The smallest absolute Gasteiger partial charge is 0.253 e. The summed E-state index contributed by atoms with van der Waals surface area (Å²) in [4.78, 5) is 14.4. The van der Waals surface area contributed by atoms with Crippen LogP contribution < -0.4 is 0 Å². The van der Waals surface area contributed by atoms with Gasteiger partial charge in [-0.1, -0.05) is 37.3 Å². The zero-order valence-electron chi connectivity index (χ0n) is 12.4. The molecule has 112 valence electrons. The minimum absolute atomic E-state index is 0.0294. The molecule has 1 amide bonds. The number of amides is 1. The van der Waals surface area contributed by atoms with E-state index in [9.17, 15) is 4.79 Å². The van der Waals surface area contributed by atoms with E-state index in [-0.39, 0.29) is 12.5 Å². The molecule has 1 aliphatic rings. The molecule has 1 aromatic rings. The molecule has 1 fully saturated rings. The topological polar surface area (TPSA) is 40.5 Å². The minimum atomic E-state index is -0.207. The Labute approximate surface area is 130 Å². The van der Waals surface area contributed by atoms with Gasteiger partial charge in [0.1, 0.15) is 6.61 Å². The van der Waals surface area contributed by atoms with Crippen molar-refractivity contribution in [3.63, 3.8) is 0 Å². The average Bonchev–Trinajstić information content (AvgIpc) is 2.95. The summed E-state index contributed by atoms with van der Waals surface area (Å²) in [7, 11) is 0. The van der Waals surface area contributed by atoms with E-state index in [2.05, 4.69) is 25.7 Å². The number of nitrogens with zero attached hydrogens (tertiary/aromatic N) is 1. The molecular formula is C17H20ClNO2. The maximum absolute atomic E-state index is 12.5. The van der Waals surface area contributed by atoms with Gasteiger partial charge in [0.15, 0.2) is 0 Å². The van der Waals surface area contributed by atoms with Crippen LogP contribution in [0.5, 0.6) is 0 Å². The van der Waals surface area contributed by atoms with Crippen LogP contribution >= 0.6 is 11.6 Å². The molecule has 3 nitrogen and oxygen atoms in total. The highest BCUT2D eigenvalue weighted by Crippen LogP contribution is 2.26. The van der Waals surface area contributed by atoms with Crippen molar-refractivity contribution in [1.29, 1.82) is 0 Å². The molecule has 0 radical (unpaired) electrons. The second-order valence-corrected chi connectivity index (χ2v) is 6.11. The van der Waals surface area contributed by atoms with Crippen molar-refractivity contribution in [3.05, 3.63) is 34.3 Å². The summed E-state index contributed by atoms with van der Waals surface area (Å²) in [6, 6.07) is 5.14. The summed E-state index contributed by atoms with van der Waals surface area (Å²) in [5.74, 6) is 6.53. The van der Waals surface area contributed by atoms with E-state index in [1.165, 1.54) is 0 Å². The number of aliphatic hydroxyl groups excluding tert-OH is 1. The van der Waals surface area contributed by atoms with E-state index in [0.717, 1.165) is 19.5 Å². The molecule has 1 heterocycles. The van der Waals surface area contributed by atoms with E-state index in [4.69, 9.17) is 16.7 Å². The lowest BCUT2D eigenvalue weighted by molar-refractivity contribution is 0.0784. The number of hydrogen-bond acceptors (Lipinski definition) is 2. The van der Waals surface area contributed by atoms with Crippen LogP contribution in [0.3, 0.4) is 0 Å². The number of aliphatic hydroxyl groups is 1. The van der Waals surface area contributed by atoms with E-state index >= 15 is 0 Å². The zero-order chi connectivity index (χ0) is 15.4. The number of carbonyl (C=O) groups excluding carboxylic acids is 1. The Morgan fingerprint density at radius 1 is 1.52 bits per heavy atom. The Hall–Kier alpha value is -1.50. The Bertz CT molecular complexity index is 586. The molecule has 2 rings (SSSR count). The second kappa shape index (κ2) is 6.98. The third kappa shape index (κ3) is 3.78. The number of benzene rings is 1. The van der Waals surface area contributed by atoms with Gasteiger partial charge in [-0.05, 0) is 36.5 Å². The van der Waals surface area contributed by atoms with Crippen molar-refractivity contribution in [2.24, 2.45) is 11.8 Å². The number of carbonyl (C=O) groups is 1. The molecule has 1 atom stereocenters. The van der Waals surface area contributed by atoms with Crippen molar-refractivity contribution in [2.45, 2.75) is 20.3 Å². The first kappa shape index (κ1) is 15.9. The highest BCUT2D eigenvalue weighted by Gasteiger charge is 2.28. The first-order valence-corrected chi connectivity index (χ1v) is 7.59. The fraction of sp³-hybridized carbons (Fsp3) is 0.471. The highest BCUT2D eigenvalue weighted by molar-refractivity contribution is 6.32. The number of halogens is 1. The van der Waals surface area contributed by atoms with Crippen molar-refractivity contribution in [1.82, 2.24) is 4.90 Å². The molecule has 0 aromatic heterocycles. The third-order valence-electron chi connectivity index (χ3n) is 3.97. The maximum Gasteiger partial charge on any atom is 0.253 e. The van der Waals surface area contributed by atoms with Crippen LogP contribution in [-0.2, 0) is 0 Å². The number of likely N-dealkylation sites (tertiary alicyclic amines) is 1. The molecule has 0 saturated carbocycles. The molecule has 0 bridgehead atoms. The third-order valence-corrected chi connectivity index (χ3v) is 4.29. The standard InChI is InChI=1S/C17H20ClNO2/c1-12(2)15-7-8-19(11-15)17(21)14-6-5-13(4-3-9-20)16(18)10-14/h5-6,10,12,15,20H,7-9,11H2,1-2H3. The van der Waals surface area contributed by atoms with E-state index in [1.807, 2.05) is 4.90 Å². The summed E-state index contributed by atoms with van der Waals surface area (Å²) in [6.07, 6.45) is 1.07. The molecule has 1 saturated heterocycles. The quantitative estimate of drug-likeness (QED) is 0.854. The van der Waals surface area contributed by atoms with Crippen LogP contribution in [0.25, 0.3) is 0 Å². The predicted molar refractivity (Wildman–Crippen MR) is 84.3 cm³/mol. The Morgan fingerprint density at radius 2 is 2.29 bits per heavy atom. The monoisotopic (exact) mass is 305 g/mol. The normalized spacial score (nSPS) is 17.8. The fourth-order valence-electron chi connectivity index (χ4n) is 2.58. The van der Waals surface area contributed by atoms with Gasteiger partial charge in [0, 0.05) is 24.2 Å². The van der Waals surface area contributed by atoms with Gasteiger partial charge in [-0.25, -0.2) is 0 Å². The van der Waals surface area contributed by atoms with E-state index in [1.54, 1.807) is 18.2 Å². The summed E-state index contributed by atoms with van der Waals surface area (Å²) in [5.41, 5.74) is 1.22. The van der Waals surface area contributed by atoms with Crippen LogP contribution in [0.4, 0.5) is 0 Å². The molecule has 4 heteroatoms. The van der Waals surface area contributed by atoms with Crippen molar-refractivity contribution < 1.29 is 9.90 Å². The number of rotatable bonds is 2. The molecule has 1 aliphatic heterocycles. The van der Waals surface area contributed by atoms with Gasteiger partial charge >= 0.3 is 0 Å². The van der Waals surface area contributed by atoms with Crippen molar-refractivity contribution in [3.8, 4) is 11.8 Å². The van der Waals surface area contributed by atoms with Crippen LogP contribution in [0.2, 0.25) is 5.02 Å². The van der Waals surface area contributed by atoms with Gasteiger partial charge in [0.25, 0.3) is 5.91 Å². The zero-order valence-corrected chi connectivity index (χ0v) is 13.2. The van der Waals surface area contributed by atoms with Gasteiger partial charge in [0.05, 0.1) is 5.02 Å². The largest absolute Gasteiger partial charge is 0.384 e. The molecule has 1 N–H and O–H groups in total. The van der Waals surface area contributed by atoms with Crippen LogP contribution in [0.1, 0.15) is 36.2 Å². The Kier molecular flexibility index (Phi) is 5.27. The van der Waals surface area contributed by atoms with Crippen LogP contribution in [0.15, 0.2) is 18.2 Å². The second-order valence-electron chi connectivity index (χ2n) is 5.70. The summed E-state index contributed by atoms with van der Waals surface area (Å²) < 4.78 is 0. The predicted octanol–water partition coefficient (Wildman–Crippen LogP) is 2.80. The molecule has 0 aliphatic carbocycles. The molecule has 21 heavy (non-hydrogen) atoms. The molecule has 1 aromatic carbocycles. The summed E-state index contributed by atoms with van der Waals surface area (Å²) in [6.45, 7) is 5.82. The van der Waals surface area contributed by atoms with Gasteiger partial charge < -0.3 is 10.0 Å². The lowest BCUT2D eigenvalue weighted by Gasteiger charge is -2.18. The van der Waals surface area contributed by atoms with E-state index < -0.39 is 0 Å². The molecular weight excluding hydrogens is 286 g/mol. The SMILES string of the molecule is CC(C)C1CCN(C(=O)c2ccc(C#CCO)c(Cl)c2)C1. The molecule has 1 unspecified atom stereocenters. The maximum atomic E-state index is 12.5. The van der Waals surface area contributed by atoms with Crippen LogP contribution in [0, 0.1) is 23.7 Å². The van der Waals surface area contributed by atoms with Crippen LogP contribution in [-0.4, -0.2) is 35.6 Å². The Balaban J connectivity index is 2.12. The van der Waals surface area contributed by atoms with Gasteiger partial charge in [-0.3, -0.25) is 4.79 Å². The fourth-order valence-corrected chi connectivity index (χ4v) is 2.81. The van der Waals surface area contributed by atoms with Crippen molar-refractivity contribution in [2.75, 3.05) is 19.7 Å². The summed E-state index contributed by atoms with van der Waals surface area (Å²) >= 11 is 6.14. The highest BCUT2D eigenvalue weighted by atomic mass is 35.5. The van der Waals surface area contributed by atoms with Crippen molar-refractivity contribution >= 4 is 17.5 Å². The van der Waals surface area contributed by atoms with Gasteiger partial charge in [0.2, 0.25) is 0 Å². The van der Waals surface area contributed by atoms with E-state index in [0.29, 0.717) is 28.0 Å². The lowest BCUT2D eigenvalue weighted by atomic mass is 9.95. The number of hydrogen-bond donors (Lipinski definition) is 1. The first-order chi connectivity index (χ1) is 10.0. The average molecular weight is 306 g/mol. The Morgan fingerprint density at radius 3 is 2.86 bits per heavy atom. The summed E-state index contributed by atoms with van der Waals surface area (Å²) in [5, 5.41) is 9.14.